The van der Waals surface area contributed by atoms with E-state index in [1.807, 2.05) is 37.4 Å². The van der Waals surface area contributed by atoms with Crippen LogP contribution in [0, 0.1) is 0 Å². The van der Waals surface area contributed by atoms with Crippen LogP contribution in [0.5, 0.6) is 0 Å². The van der Waals surface area contributed by atoms with Crippen molar-refractivity contribution in [2.24, 2.45) is 5.73 Å². The number of nitrogens with zero attached hydrogens (tertiary/aromatic N) is 1. The maximum absolute atomic E-state index is 5.97. The highest BCUT2D eigenvalue weighted by molar-refractivity contribution is 5.81. The molecular weight excluding hydrogens is 252 g/mol. The van der Waals surface area contributed by atoms with Crippen LogP contribution in [0.1, 0.15) is 17.4 Å². The summed E-state index contributed by atoms with van der Waals surface area (Å²) in [6.45, 7) is 1.25. The minimum absolute atomic E-state index is 0.101. The van der Waals surface area contributed by atoms with Gasteiger partial charge in [0.25, 0.3) is 0 Å². The first-order valence-corrected chi connectivity index (χ1v) is 6.68. The van der Waals surface area contributed by atoms with Gasteiger partial charge < -0.3 is 14.6 Å². The van der Waals surface area contributed by atoms with E-state index in [-0.39, 0.29) is 6.04 Å². The predicted octanol–water partition coefficient (Wildman–Crippen LogP) is 3.16. The zero-order valence-electron chi connectivity index (χ0n) is 11.5. The van der Waals surface area contributed by atoms with Crippen molar-refractivity contribution in [3.05, 3.63) is 60.2 Å². The molecule has 0 amide bonds. The van der Waals surface area contributed by atoms with Gasteiger partial charge in [-0.15, -0.1) is 0 Å². The molecule has 4 nitrogen and oxygen atoms in total. The first kappa shape index (κ1) is 13.0. The maximum Gasteiger partial charge on any atom is 0.134 e. The molecule has 0 fully saturated rings. The summed E-state index contributed by atoms with van der Waals surface area (Å²) in [5.74, 6) is 0.929. The molecule has 1 aromatic carbocycles. The third-order valence-electron chi connectivity index (χ3n) is 3.61. The topological polar surface area (TPSA) is 55.5 Å². The summed E-state index contributed by atoms with van der Waals surface area (Å²) in [6.07, 6.45) is 3.49. The summed E-state index contributed by atoms with van der Waals surface area (Å²) < 4.78 is 11.0. The summed E-state index contributed by atoms with van der Waals surface area (Å²) >= 11 is 0. The molecule has 104 valence electrons. The summed E-state index contributed by atoms with van der Waals surface area (Å²) in [5.41, 5.74) is 7.99. The number of hydrogen-bond donors (Lipinski definition) is 1. The van der Waals surface area contributed by atoms with Crippen LogP contribution in [0.4, 0.5) is 0 Å². The van der Waals surface area contributed by atoms with Crippen LogP contribution in [-0.4, -0.2) is 18.5 Å². The van der Waals surface area contributed by atoms with Crippen LogP contribution >= 0.6 is 0 Å². The molecule has 0 aliphatic heterocycles. The van der Waals surface area contributed by atoms with E-state index in [1.54, 1.807) is 12.5 Å². The van der Waals surface area contributed by atoms with Crippen molar-refractivity contribution >= 4 is 11.0 Å². The van der Waals surface area contributed by atoms with Crippen molar-refractivity contribution in [2.75, 3.05) is 13.6 Å². The molecule has 1 atom stereocenters. The first-order valence-electron chi connectivity index (χ1n) is 6.68. The summed E-state index contributed by atoms with van der Waals surface area (Å²) in [6, 6.07) is 12.0. The first-order chi connectivity index (χ1) is 9.79. The second kappa shape index (κ2) is 5.53. The molecule has 0 saturated carbocycles. The van der Waals surface area contributed by atoms with E-state index in [2.05, 4.69) is 11.0 Å². The Morgan fingerprint density at radius 1 is 1.15 bits per heavy atom. The quantitative estimate of drug-likeness (QED) is 0.773. The molecule has 20 heavy (non-hydrogen) atoms. The summed E-state index contributed by atoms with van der Waals surface area (Å²) in [7, 11) is 2.04. The van der Waals surface area contributed by atoms with Crippen LogP contribution < -0.4 is 5.73 Å². The molecule has 0 bridgehead atoms. The van der Waals surface area contributed by atoms with Gasteiger partial charge in [0.15, 0.2) is 0 Å². The standard InChI is InChI=1S/C16H18N2O2/c1-18(10-12-5-4-8-19-12)15(9-17)14-11-20-16-7-3-2-6-13(14)16/h2-8,11,15H,9-10,17H2,1H3. The molecular formula is C16H18N2O2. The van der Waals surface area contributed by atoms with Gasteiger partial charge in [-0.25, -0.2) is 0 Å². The average Bonchev–Trinajstić information content (AvgIpc) is 3.10. The van der Waals surface area contributed by atoms with Gasteiger partial charge in [0.05, 0.1) is 25.1 Å². The van der Waals surface area contributed by atoms with E-state index in [4.69, 9.17) is 14.6 Å². The zero-order chi connectivity index (χ0) is 13.9. The van der Waals surface area contributed by atoms with Crippen molar-refractivity contribution in [3.63, 3.8) is 0 Å². The Morgan fingerprint density at radius 2 is 2.00 bits per heavy atom. The van der Waals surface area contributed by atoms with E-state index in [0.717, 1.165) is 22.3 Å². The lowest BCUT2D eigenvalue weighted by Crippen LogP contribution is -2.29. The SMILES string of the molecule is CN(Cc1ccco1)C(CN)c1coc2ccccc12. The van der Waals surface area contributed by atoms with Gasteiger partial charge in [-0.1, -0.05) is 18.2 Å². The van der Waals surface area contributed by atoms with E-state index < -0.39 is 0 Å². The number of hydrogen-bond acceptors (Lipinski definition) is 4. The lowest BCUT2D eigenvalue weighted by Gasteiger charge is -2.25. The highest BCUT2D eigenvalue weighted by Gasteiger charge is 2.20. The van der Waals surface area contributed by atoms with Gasteiger partial charge in [-0.3, -0.25) is 4.90 Å². The van der Waals surface area contributed by atoms with Gasteiger partial charge >= 0.3 is 0 Å². The molecule has 0 radical (unpaired) electrons. The molecule has 3 rings (SSSR count). The van der Waals surface area contributed by atoms with Crippen molar-refractivity contribution < 1.29 is 8.83 Å². The van der Waals surface area contributed by atoms with Gasteiger partial charge in [0.2, 0.25) is 0 Å². The van der Waals surface area contributed by atoms with Crippen molar-refractivity contribution in [2.45, 2.75) is 12.6 Å². The smallest absolute Gasteiger partial charge is 0.134 e. The molecule has 0 aliphatic rings. The van der Waals surface area contributed by atoms with Crippen LogP contribution in [-0.2, 0) is 6.54 Å². The third kappa shape index (κ3) is 2.35. The Balaban J connectivity index is 1.89. The molecule has 2 heterocycles. The number of nitrogens with two attached hydrogens (primary N) is 1. The maximum atomic E-state index is 5.97. The highest BCUT2D eigenvalue weighted by atomic mass is 16.3. The molecule has 0 saturated heterocycles. The second-order valence-electron chi connectivity index (χ2n) is 4.93. The molecule has 0 aliphatic carbocycles. The fourth-order valence-corrected chi connectivity index (χ4v) is 2.56. The number of rotatable bonds is 5. The molecule has 2 aromatic heterocycles. The second-order valence-corrected chi connectivity index (χ2v) is 4.93. The molecule has 2 N–H and O–H groups in total. The largest absolute Gasteiger partial charge is 0.468 e. The van der Waals surface area contributed by atoms with Crippen LogP contribution in [0.25, 0.3) is 11.0 Å². The van der Waals surface area contributed by atoms with Crippen molar-refractivity contribution in [3.8, 4) is 0 Å². The van der Waals surface area contributed by atoms with Gasteiger partial charge in [0, 0.05) is 17.5 Å². The van der Waals surface area contributed by atoms with E-state index in [9.17, 15) is 0 Å². The van der Waals surface area contributed by atoms with Gasteiger partial charge in [-0.05, 0) is 25.2 Å². The summed E-state index contributed by atoms with van der Waals surface area (Å²) in [5, 5.41) is 1.12. The Bertz CT molecular complexity index is 673. The minimum Gasteiger partial charge on any atom is -0.468 e. The number of fused-ring (bicyclic) bond motifs is 1. The number of benzene rings is 1. The lowest BCUT2D eigenvalue weighted by molar-refractivity contribution is 0.223. The lowest BCUT2D eigenvalue weighted by atomic mass is 10.0. The highest BCUT2D eigenvalue weighted by Crippen LogP contribution is 2.29. The Kier molecular flexibility index (Phi) is 3.58. The van der Waals surface area contributed by atoms with E-state index >= 15 is 0 Å². The van der Waals surface area contributed by atoms with Crippen molar-refractivity contribution in [1.82, 2.24) is 4.90 Å². The molecule has 3 aromatic rings. The van der Waals surface area contributed by atoms with Crippen LogP contribution in [0.2, 0.25) is 0 Å². The Morgan fingerprint density at radius 3 is 2.75 bits per heavy atom. The third-order valence-corrected chi connectivity index (χ3v) is 3.61. The zero-order valence-corrected chi connectivity index (χ0v) is 11.5. The fraction of sp³-hybridized carbons (Fsp3) is 0.250. The van der Waals surface area contributed by atoms with E-state index in [0.29, 0.717) is 13.1 Å². The molecule has 4 heteroatoms. The predicted molar refractivity (Wildman–Crippen MR) is 78.2 cm³/mol. The number of likely N-dealkylation sites (N-methyl/N-ethyl adjacent to an activating group) is 1. The monoisotopic (exact) mass is 270 g/mol. The molecule has 0 spiro atoms. The number of furan rings is 2. The van der Waals surface area contributed by atoms with Gasteiger partial charge in [0.1, 0.15) is 11.3 Å². The van der Waals surface area contributed by atoms with E-state index in [1.165, 1.54) is 0 Å². The normalized spacial score (nSPS) is 13.2. The fourth-order valence-electron chi connectivity index (χ4n) is 2.56. The summed E-state index contributed by atoms with van der Waals surface area (Å²) in [4.78, 5) is 2.18. The molecule has 1 unspecified atom stereocenters. The average molecular weight is 270 g/mol. The minimum atomic E-state index is 0.101. The van der Waals surface area contributed by atoms with Gasteiger partial charge in [-0.2, -0.15) is 0 Å². The van der Waals surface area contributed by atoms with Crippen molar-refractivity contribution in [1.29, 1.82) is 0 Å². The van der Waals surface area contributed by atoms with Crippen LogP contribution in [0.15, 0.2) is 57.8 Å². The van der Waals surface area contributed by atoms with Crippen LogP contribution in [0.3, 0.4) is 0 Å². The Labute approximate surface area is 117 Å². The Hall–Kier alpha value is -2.04. The number of para-hydroxylation sites is 1.